The topological polar surface area (TPSA) is 45.2 Å². The van der Waals surface area contributed by atoms with E-state index in [1.54, 1.807) is 11.8 Å². The normalized spacial score (nSPS) is 11.7. The summed E-state index contributed by atoms with van der Waals surface area (Å²) in [6, 6.07) is 19.1. The molecule has 0 N–H and O–H groups in total. The highest BCUT2D eigenvalue weighted by Crippen LogP contribution is 2.33. The lowest BCUT2D eigenvalue weighted by atomic mass is 10.0. The van der Waals surface area contributed by atoms with Crippen molar-refractivity contribution in [2.45, 2.75) is 91.6 Å². The highest BCUT2D eigenvalue weighted by Gasteiger charge is 2.18. The lowest BCUT2D eigenvalue weighted by molar-refractivity contribution is 0.608. The number of hydrogen-bond donors (Lipinski definition) is 0. The Labute approximate surface area is 216 Å². The fourth-order valence-corrected chi connectivity index (χ4v) is 5.38. The van der Waals surface area contributed by atoms with Crippen LogP contribution in [0.3, 0.4) is 0 Å². The molecule has 3 rings (SSSR count). The monoisotopic (exact) mass is 491 g/mol. The van der Waals surface area contributed by atoms with Crippen molar-refractivity contribution >= 4 is 23.1 Å². The average Bonchev–Trinajstić information content (AvgIpc) is 2.79. The van der Waals surface area contributed by atoms with E-state index in [4.69, 9.17) is 4.98 Å². The third kappa shape index (κ3) is 6.35. The fraction of sp³-hybridized carbons (Fsp3) is 0.483. The Hall–Kier alpha value is -2.60. The van der Waals surface area contributed by atoms with Gasteiger partial charge >= 0.3 is 0 Å². The summed E-state index contributed by atoms with van der Waals surface area (Å²) in [7, 11) is 0. The molecule has 0 aliphatic carbocycles. The molecule has 1 aromatic heterocycles. The molecule has 188 valence electrons. The predicted molar refractivity (Wildman–Crippen MR) is 153 cm³/mol. The van der Waals surface area contributed by atoms with Gasteiger partial charge in [0.15, 0.2) is 0 Å². The van der Waals surface area contributed by atoms with Gasteiger partial charge < -0.3 is 9.80 Å². The highest BCUT2D eigenvalue weighted by molar-refractivity contribution is 7.99. The standard InChI is InChI=1S/C29H41N5S/c1-10-35-29-30-27(23-11-15-25(16-12-23)33(19(2)3)20(4)5)28(31-32-29)24-13-17-26(18-14-24)34(21(6)7)22(8)9/h11-22H,10H2,1-9H3. The van der Waals surface area contributed by atoms with Crippen molar-refractivity contribution in [3.8, 4) is 22.5 Å². The van der Waals surface area contributed by atoms with Gasteiger partial charge in [-0.1, -0.05) is 43.0 Å². The van der Waals surface area contributed by atoms with E-state index >= 15 is 0 Å². The molecule has 0 bridgehead atoms. The first-order valence-electron chi connectivity index (χ1n) is 12.8. The van der Waals surface area contributed by atoms with E-state index in [2.05, 4.69) is 131 Å². The van der Waals surface area contributed by atoms with Crippen molar-refractivity contribution < 1.29 is 0 Å². The number of aromatic nitrogens is 3. The van der Waals surface area contributed by atoms with Crippen LogP contribution in [0.15, 0.2) is 53.7 Å². The molecule has 6 heteroatoms. The molecule has 0 unspecified atom stereocenters. The van der Waals surface area contributed by atoms with Gasteiger partial charge in [0.25, 0.3) is 0 Å². The van der Waals surface area contributed by atoms with Crippen molar-refractivity contribution in [1.82, 2.24) is 15.2 Å². The van der Waals surface area contributed by atoms with Gasteiger partial charge in [-0.25, -0.2) is 4.98 Å². The van der Waals surface area contributed by atoms with Gasteiger partial charge in [-0.3, -0.25) is 0 Å². The van der Waals surface area contributed by atoms with E-state index in [1.807, 2.05) is 0 Å². The average molecular weight is 492 g/mol. The van der Waals surface area contributed by atoms with Gasteiger partial charge in [-0.15, -0.1) is 10.2 Å². The summed E-state index contributed by atoms with van der Waals surface area (Å²) in [6.45, 7) is 20.0. The summed E-state index contributed by atoms with van der Waals surface area (Å²) < 4.78 is 0. The van der Waals surface area contributed by atoms with E-state index in [-0.39, 0.29) is 0 Å². The van der Waals surface area contributed by atoms with Crippen LogP contribution in [-0.2, 0) is 0 Å². The molecule has 2 aromatic carbocycles. The van der Waals surface area contributed by atoms with Crippen molar-refractivity contribution in [2.24, 2.45) is 0 Å². The van der Waals surface area contributed by atoms with Crippen LogP contribution in [0.2, 0.25) is 0 Å². The summed E-state index contributed by atoms with van der Waals surface area (Å²) in [5, 5.41) is 9.78. The summed E-state index contributed by atoms with van der Waals surface area (Å²) in [6.07, 6.45) is 0. The molecule has 0 amide bonds. The van der Waals surface area contributed by atoms with E-state index in [0.717, 1.165) is 28.3 Å². The number of thioether (sulfide) groups is 1. The second kappa shape index (κ2) is 11.9. The van der Waals surface area contributed by atoms with Crippen LogP contribution in [0.1, 0.15) is 62.3 Å². The van der Waals surface area contributed by atoms with E-state index < -0.39 is 0 Å². The number of nitrogens with zero attached hydrogens (tertiary/aromatic N) is 5. The molecule has 0 fully saturated rings. The minimum absolute atomic E-state index is 0.429. The lowest BCUT2D eigenvalue weighted by Gasteiger charge is -2.33. The summed E-state index contributed by atoms with van der Waals surface area (Å²) >= 11 is 1.62. The van der Waals surface area contributed by atoms with Crippen LogP contribution in [-0.4, -0.2) is 45.1 Å². The van der Waals surface area contributed by atoms with E-state index in [1.165, 1.54) is 11.4 Å². The Morgan fingerprint density at radius 1 is 0.600 bits per heavy atom. The van der Waals surface area contributed by atoms with E-state index in [0.29, 0.717) is 29.3 Å². The number of rotatable bonds is 10. The SMILES string of the molecule is CCSc1nnc(-c2ccc(N(C(C)C)C(C)C)cc2)c(-c2ccc(N(C(C)C)C(C)C)cc2)n1. The predicted octanol–water partition coefficient (Wildman–Crippen LogP) is 7.56. The molecule has 5 nitrogen and oxygen atoms in total. The van der Waals surface area contributed by atoms with Gasteiger partial charge in [0.2, 0.25) is 5.16 Å². The summed E-state index contributed by atoms with van der Waals surface area (Å²) in [5.74, 6) is 0.909. The zero-order valence-electron chi connectivity index (χ0n) is 22.8. The third-order valence-electron chi connectivity index (χ3n) is 6.04. The molecular formula is C29H41N5S. The minimum atomic E-state index is 0.429. The Bertz CT molecular complexity index is 1060. The van der Waals surface area contributed by atoms with Gasteiger partial charge in [0.1, 0.15) is 11.4 Å². The molecule has 0 saturated carbocycles. The van der Waals surface area contributed by atoms with Crippen LogP contribution >= 0.6 is 11.8 Å². The first-order chi connectivity index (χ1) is 16.6. The summed E-state index contributed by atoms with van der Waals surface area (Å²) in [5.41, 5.74) is 6.21. The first kappa shape index (κ1) is 27.0. The molecule has 3 aromatic rings. The fourth-order valence-electron chi connectivity index (χ4n) is 4.87. The van der Waals surface area contributed by atoms with Crippen LogP contribution < -0.4 is 9.80 Å². The Kier molecular flexibility index (Phi) is 9.17. The second-order valence-corrected chi connectivity index (χ2v) is 11.2. The van der Waals surface area contributed by atoms with Crippen LogP contribution in [0.5, 0.6) is 0 Å². The maximum absolute atomic E-state index is 4.93. The lowest BCUT2D eigenvalue weighted by Crippen LogP contribution is -2.36. The second-order valence-electron chi connectivity index (χ2n) is 10.0. The van der Waals surface area contributed by atoms with Gasteiger partial charge in [-0.2, -0.15) is 0 Å². The molecule has 0 radical (unpaired) electrons. The maximum atomic E-state index is 4.93. The minimum Gasteiger partial charge on any atom is -0.367 e. The van der Waals surface area contributed by atoms with Gasteiger partial charge in [0.05, 0.1) is 0 Å². The Morgan fingerprint density at radius 3 is 1.37 bits per heavy atom. The number of anilines is 2. The zero-order chi connectivity index (χ0) is 25.7. The number of hydrogen-bond acceptors (Lipinski definition) is 6. The molecule has 35 heavy (non-hydrogen) atoms. The molecule has 0 aliphatic heterocycles. The largest absolute Gasteiger partial charge is 0.367 e. The molecular weight excluding hydrogens is 450 g/mol. The Morgan fingerprint density at radius 2 is 1.00 bits per heavy atom. The first-order valence-corrected chi connectivity index (χ1v) is 13.8. The van der Waals surface area contributed by atoms with E-state index in [9.17, 15) is 0 Å². The van der Waals surface area contributed by atoms with Crippen LogP contribution in [0, 0.1) is 0 Å². The highest BCUT2D eigenvalue weighted by atomic mass is 32.2. The molecule has 0 atom stereocenters. The molecule has 0 aliphatic rings. The van der Waals surface area contributed by atoms with Crippen LogP contribution in [0.25, 0.3) is 22.5 Å². The van der Waals surface area contributed by atoms with Gasteiger partial charge in [0, 0.05) is 46.7 Å². The van der Waals surface area contributed by atoms with Gasteiger partial charge in [-0.05, 0) is 85.4 Å². The Balaban J connectivity index is 2.04. The van der Waals surface area contributed by atoms with Crippen LogP contribution in [0.4, 0.5) is 11.4 Å². The van der Waals surface area contributed by atoms with Crippen molar-refractivity contribution in [2.75, 3.05) is 15.6 Å². The smallest absolute Gasteiger partial charge is 0.209 e. The molecule has 0 spiro atoms. The van der Waals surface area contributed by atoms with Crippen molar-refractivity contribution in [3.05, 3.63) is 48.5 Å². The summed E-state index contributed by atoms with van der Waals surface area (Å²) in [4.78, 5) is 9.78. The maximum Gasteiger partial charge on any atom is 0.209 e. The number of benzene rings is 2. The zero-order valence-corrected chi connectivity index (χ0v) is 23.6. The quantitative estimate of drug-likeness (QED) is 0.273. The molecule has 1 heterocycles. The van der Waals surface area contributed by atoms with Crippen molar-refractivity contribution in [3.63, 3.8) is 0 Å². The third-order valence-corrected chi connectivity index (χ3v) is 6.76. The molecule has 0 saturated heterocycles. The van der Waals surface area contributed by atoms with Crippen molar-refractivity contribution in [1.29, 1.82) is 0 Å².